The Balaban J connectivity index is 1.89. The molecule has 0 spiro atoms. The average Bonchev–Trinajstić information content (AvgIpc) is 2.48. The Morgan fingerprint density at radius 1 is 1.48 bits per heavy atom. The van der Waals surface area contributed by atoms with Crippen molar-refractivity contribution >= 4 is 17.5 Å². The van der Waals surface area contributed by atoms with Crippen LogP contribution in [0.3, 0.4) is 0 Å². The number of nitrogens with one attached hydrogen (secondary N) is 3. The summed E-state index contributed by atoms with van der Waals surface area (Å²) in [5.74, 6) is 0.297. The molecule has 1 aliphatic rings. The number of benzene rings is 1. The lowest BCUT2D eigenvalue weighted by Gasteiger charge is -2.22. The van der Waals surface area contributed by atoms with E-state index in [-0.39, 0.29) is 18.2 Å². The normalized spacial score (nSPS) is 17.7. The molecule has 2 rings (SSSR count). The van der Waals surface area contributed by atoms with Gasteiger partial charge in [-0.25, -0.2) is 0 Å². The largest absolute Gasteiger partial charge is 0.489 e. The van der Waals surface area contributed by atoms with E-state index in [1.54, 1.807) is 30.3 Å². The van der Waals surface area contributed by atoms with Crippen LogP contribution in [-0.4, -0.2) is 37.6 Å². The maximum absolute atomic E-state index is 12.0. The fourth-order valence-electron chi connectivity index (χ4n) is 2.03. The van der Waals surface area contributed by atoms with Crippen molar-refractivity contribution in [3.05, 3.63) is 36.9 Å². The molecule has 0 aliphatic carbocycles. The molecule has 1 atom stereocenters. The number of rotatable bonds is 6. The minimum absolute atomic E-state index is 0.101. The lowest BCUT2D eigenvalue weighted by atomic mass is 10.1. The summed E-state index contributed by atoms with van der Waals surface area (Å²) < 4.78 is 5.40. The molecule has 2 amide bonds. The van der Waals surface area contributed by atoms with Gasteiger partial charge in [-0.1, -0.05) is 18.7 Å². The number of hydrogen-bond donors (Lipinski definition) is 3. The number of carbonyl (C=O) groups is 2. The molecular weight excluding hydrogens is 270 g/mol. The smallest absolute Gasteiger partial charge is 0.237 e. The van der Waals surface area contributed by atoms with Crippen LogP contribution in [0.1, 0.15) is 6.42 Å². The second-order valence-corrected chi connectivity index (χ2v) is 4.68. The van der Waals surface area contributed by atoms with Crippen LogP contribution in [0.15, 0.2) is 36.9 Å². The van der Waals surface area contributed by atoms with Crippen LogP contribution in [0.2, 0.25) is 0 Å². The zero-order chi connectivity index (χ0) is 15.1. The molecule has 1 saturated heterocycles. The lowest BCUT2D eigenvalue weighted by Crippen LogP contribution is -2.53. The Hall–Kier alpha value is -2.34. The molecule has 1 aromatic rings. The van der Waals surface area contributed by atoms with Gasteiger partial charge in [-0.15, -0.1) is 0 Å². The molecule has 1 aliphatic heterocycles. The van der Waals surface area contributed by atoms with Crippen molar-refractivity contribution in [2.75, 3.05) is 25.0 Å². The predicted octanol–water partition coefficient (Wildman–Crippen LogP) is 0.668. The second kappa shape index (κ2) is 7.44. The van der Waals surface area contributed by atoms with Crippen LogP contribution in [0, 0.1) is 0 Å². The first-order valence-electron chi connectivity index (χ1n) is 6.84. The second-order valence-electron chi connectivity index (χ2n) is 4.68. The zero-order valence-electron chi connectivity index (χ0n) is 11.7. The Kier molecular flexibility index (Phi) is 5.34. The van der Waals surface area contributed by atoms with E-state index in [1.807, 2.05) is 0 Å². The molecule has 0 bridgehead atoms. The van der Waals surface area contributed by atoms with E-state index >= 15 is 0 Å². The van der Waals surface area contributed by atoms with E-state index < -0.39 is 6.04 Å². The molecule has 112 valence electrons. The average molecular weight is 289 g/mol. The third-order valence-corrected chi connectivity index (χ3v) is 3.01. The minimum atomic E-state index is -0.473. The molecular formula is C15H19N3O3. The van der Waals surface area contributed by atoms with Crippen LogP contribution >= 0.6 is 0 Å². The number of anilines is 1. The first-order valence-corrected chi connectivity index (χ1v) is 6.84. The van der Waals surface area contributed by atoms with E-state index in [2.05, 4.69) is 22.5 Å². The highest BCUT2D eigenvalue weighted by molar-refractivity contribution is 5.95. The maximum Gasteiger partial charge on any atom is 0.237 e. The van der Waals surface area contributed by atoms with Gasteiger partial charge >= 0.3 is 0 Å². The summed E-state index contributed by atoms with van der Waals surface area (Å²) in [5, 5.41) is 8.50. The van der Waals surface area contributed by atoms with Gasteiger partial charge in [0, 0.05) is 24.8 Å². The van der Waals surface area contributed by atoms with Gasteiger partial charge in [0.15, 0.2) is 0 Å². The molecule has 3 N–H and O–H groups in total. The van der Waals surface area contributed by atoms with E-state index in [1.165, 1.54) is 0 Å². The van der Waals surface area contributed by atoms with Crippen LogP contribution in [0.25, 0.3) is 0 Å². The highest BCUT2D eigenvalue weighted by Crippen LogP contribution is 2.17. The molecule has 1 unspecified atom stereocenters. The van der Waals surface area contributed by atoms with Gasteiger partial charge in [0.25, 0.3) is 0 Å². The van der Waals surface area contributed by atoms with Gasteiger partial charge in [0.05, 0.1) is 12.5 Å². The topological polar surface area (TPSA) is 79.5 Å². The van der Waals surface area contributed by atoms with Gasteiger partial charge in [-0.3, -0.25) is 9.59 Å². The summed E-state index contributed by atoms with van der Waals surface area (Å²) in [6.45, 7) is 5.26. The summed E-state index contributed by atoms with van der Waals surface area (Å²) in [6.07, 6.45) is 1.75. The third-order valence-electron chi connectivity index (χ3n) is 3.01. The SMILES string of the molecule is C=CCOc1cccc(NC(=O)CC2NCCNC2=O)c1. The van der Waals surface area contributed by atoms with Crippen LogP contribution in [-0.2, 0) is 9.59 Å². The van der Waals surface area contributed by atoms with Gasteiger partial charge in [-0.05, 0) is 12.1 Å². The van der Waals surface area contributed by atoms with Crippen LogP contribution in [0.4, 0.5) is 5.69 Å². The number of piperazine rings is 1. The minimum Gasteiger partial charge on any atom is -0.489 e. The summed E-state index contributed by atoms with van der Waals surface area (Å²) in [5.41, 5.74) is 0.637. The summed E-state index contributed by atoms with van der Waals surface area (Å²) >= 11 is 0. The van der Waals surface area contributed by atoms with Crippen molar-refractivity contribution < 1.29 is 14.3 Å². The van der Waals surface area contributed by atoms with Gasteiger partial charge < -0.3 is 20.7 Å². The molecule has 0 radical (unpaired) electrons. The summed E-state index contributed by atoms with van der Waals surface area (Å²) in [7, 11) is 0. The van der Waals surface area contributed by atoms with E-state index in [4.69, 9.17) is 4.74 Å². The Morgan fingerprint density at radius 3 is 3.10 bits per heavy atom. The maximum atomic E-state index is 12.0. The lowest BCUT2D eigenvalue weighted by molar-refractivity contribution is -0.127. The number of amides is 2. The fourth-order valence-corrected chi connectivity index (χ4v) is 2.03. The molecule has 6 nitrogen and oxygen atoms in total. The fraction of sp³-hybridized carbons (Fsp3) is 0.333. The Labute approximate surface area is 123 Å². The molecule has 1 heterocycles. The van der Waals surface area contributed by atoms with Crippen molar-refractivity contribution in [2.24, 2.45) is 0 Å². The van der Waals surface area contributed by atoms with Crippen LogP contribution < -0.4 is 20.7 Å². The molecule has 1 aromatic carbocycles. The highest BCUT2D eigenvalue weighted by atomic mass is 16.5. The third kappa shape index (κ3) is 4.61. The Bertz CT molecular complexity index is 531. The monoisotopic (exact) mass is 289 g/mol. The van der Waals surface area contributed by atoms with Gasteiger partial charge in [0.1, 0.15) is 12.4 Å². The van der Waals surface area contributed by atoms with Crippen molar-refractivity contribution in [1.82, 2.24) is 10.6 Å². The zero-order valence-corrected chi connectivity index (χ0v) is 11.7. The van der Waals surface area contributed by atoms with E-state index in [9.17, 15) is 9.59 Å². The van der Waals surface area contributed by atoms with Crippen molar-refractivity contribution in [2.45, 2.75) is 12.5 Å². The van der Waals surface area contributed by atoms with Crippen LogP contribution in [0.5, 0.6) is 5.75 Å². The first-order chi connectivity index (χ1) is 10.2. The molecule has 21 heavy (non-hydrogen) atoms. The predicted molar refractivity (Wildman–Crippen MR) is 80.2 cm³/mol. The molecule has 1 fully saturated rings. The summed E-state index contributed by atoms with van der Waals surface area (Å²) in [4.78, 5) is 23.5. The standard InChI is InChI=1S/C15H19N3O3/c1-2-8-21-12-5-3-4-11(9-12)18-14(19)10-13-15(20)17-7-6-16-13/h2-5,9,13,16H,1,6-8,10H2,(H,17,20)(H,18,19). The van der Waals surface area contributed by atoms with Crippen molar-refractivity contribution in [3.8, 4) is 5.75 Å². The number of hydrogen-bond acceptors (Lipinski definition) is 4. The van der Waals surface area contributed by atoms with Crippen molar-refractivity contribution in [1.29, 1.82) is 0 Å². The first kappa shape index (κ1) is 15.1. The molecule has 0 saturated carbocycles. The molecule has 6 heteroatoms. The van der Waals surface area contributed by atoms with Gasteiger partial charge in [0.2, 0.25) is 11.8 Å². The number of ether oxygens (including phenoxy) is 1. The van der Waals surface area contributed by atoms with E-state index in [0.717, 1.165) is 0 Å². The van der Waals surface area contributed by atoms with Crippen molar-refractivity contribution in [3.63, 3.8) is 0 Å². The highest BCUT2D eigenvalue weighted by Gasteiger charge is 2.23. The van der Waals surface area contributed by atoms with Gasteiger partial charge in [-0.2, -0.15) is 0 Å². The molecule has 0 aromatic heterocycles. The summed E-state index contributed by atoms with van der Waals surface area (Å²) in [6, 6.07) is 6.62. The Morgan fingerprint density at radius 2 is 2.33 bits per heavy atom. The van der Waals surface area contributed by atoms with E-state index in [0.29, 0.717) is 31.1 Å². The number of carbonyl (C=O) groups excluding carboxylic acids is 2. The quantitative estimate of drug-likeness (QED) is 0.672.